The Morgan fingerprint density at radius 1 is 1.31 bits per heavy atom. The minimum Gasteiger partial charge on any atom is -0.390 e. The maximum atomic E-state index is 11.3. The Bertz CT molecular complexity index is 354. The Morgan fingerprint density at radius 2 is 1.92 bits per heavy atom. The van der Waals surface area contributed by atoms with E-state index in [1.165, 1.54) is 35.3 Å². The van der Waals surface area contributed by atoms with E-state index in [0.717, 1.165) is 22.7 Å². The molecule has 1 aromatic heterocycles. The molecule has 0 unspecified atom stereocenters. The molecule has 1 aromatic rings. The predicted molar refractivity (Wildman–Crippen MR) is 55.4 cm³/mol. The van der Waals surface area contributed by atoms with Gasteiger partial charge in [0.1, 0.15) is 0 Å². The standard InChI is InChI=1S/C10H13NOS/c1-6(12)9-7-4-2-3-5-8(7)10(11)13-9/h2-5,11H2,1H3. The largest absolute Gasteiger partial charge is 0.390 e. The number of nitrogens with two attached hydrogens (primary N) is 1. The van der Waals surface area contributed by atoms with Gasteiger partial charge in [0.25, 0.3) is 0 Å². The van der Waals surface area contributed by atoms with Crippen molar-refractivity contribution >= 4 is 22.1 Å². The third kappa shape index (κ3) is 1.37. The van der Waals surface area contributed by atoms with Crippen LogP contribution in [0.25, 0.3) is 0 Å². The number of hydrogen-bond donors (Lipinski definition) is 1. The Hall–Kier alpha value is -0.830. The Kier molecular flexibility index (Phi) is 2.12. The van der Waals surface area contributed by atoms with Crippen LogP contribution in [0.2, 0.25) is 0 Å². The molecule has 0 aliphatic heterocycles. The highest BCUT2D eigenvalue weighted by Crippen LogP contribution is 2.36. The van der Waals surface area contributed by atoms with E-state index in [2.05, 4.69) is 0 Å². The lowest BCUT2D eigenvalue weighted by atomic mass is 9.92. The summed E-state index contributed by atoms with van der Waals surface area (Å²) in [7, 11) is 0. The molecule has 2 N–H and O–H groups in total. The summed E-state index contributed by atoms with van der Waals surface area (Å²) >= 11 is 1.47. The van der Waals surface area contributed by atoms with Gasteiger partial charge in [-0.05, 0) is 43.7 Å². The lowest BCUT2D eigenvalue weighted by Crippen LogP contribution is -2.04. The number of hydrogen-bond acceptors (Lipinski definition) is 3. The number of ketones is 1. The lowest BCUT2D eigenvalue weighted by Gasteiger charge is -2.12. The summed E-state index contributed by atoms with van der Waals surface area (Å²) < 4.78 is 0. The molecular weight excluding hydrogens is 182 g/mol. The summed E-state index contributed by atoms with van der Waals surface area (Å²) in [5.74, 6) is 0.167. The molecule has 2 nitrogen and oxygen atoms in total. The fraction of sp³-hybridized carbons (Fsp3) is 0.500. The molecule has 0 aromatic carbocycles. The average molecular weight is 195 g/mol. The van der Waals surface area contributed by atoms with Crippen LogP contribution in [-0.4, -0.2) is 5.78 Å². The van der Waals surface area contributed by atoms with Crippen molar-refractivity contribution < 1.29 is 4.79 Å². The molecule has 70 valence electrons. The first-order chi connectivity index (χ1) is 6.20. The smallest absolute Gasteiger partial charge is 0.170 e. The van der Waals surface area contributed by atoms with Gasteiger partial charge >= 0.3 is 0 Å². The van der Waals surface area contributed by atoms with Gasteiger partial charge in [-0.1, -0.05) is 0 Å². The van der Waals surface area contributed by atoms with E-state index < -0.39 is 0 Å². The van der Waals surface area contributed by atoms with Crippen LogP contribution in [-0.2, 0) is 12.8 Å². The third-order valence-corrected chi connectivity index (χ3v) is 3.78. The van der Waals surface area contributed by atoms with E-state index in [0.29, 0.717) is 0 Å². The molecule has 0 saturated carbocycles. The van der Waals surface area contributed by atoms with E-state index in [1.807, 2.05) is 0 Å². The summed E-state index contributed by atoms with van der Waals surface area (Å²) in [5.41, 5.74) is 8.35. The highest BCUT2D eigenvalue weighted by Gasteiger charge is 2.21. The Labute approximate surface area is 81.8 Å². The second-order valence-electron chi connectivity index (χ2n) is 3.52. The van der Waals surface area contributed by atoms with Crippen molar-refractivity contribution in [3.63, 3.8) is 0 Å². The molecule has 2 rings (SSSR count). The van der Waals surface area contributed by atoms with Gasteiger partial charge in [-0.2, -0.15) is 0 Å². The van der Waals surface area contributed by atoms with Gasteiger partial charge in [-0.25, -0.2) is 0 Å². The second kappa shape index (κ2) is 3.14. The lowest BCUT2D eigenvalue weighted by molar-refractivity contribution is 0.102. The van der Waals surface area contributed by atoms with E-state index in [9.17, 15) is 4.79 Å². The molecule has 0 atom stereocenters. The van der Waals surface area contributed by atoms with Crippen LogP contribution >= 0.6 is 11.3 Å². The maximum Gasteiger partial charge on any atom is 0.170 e. The number of rotatable bonds is 1. The van der Waals surface area contributed by atoms with E-state index in [1.54, 1.807) is 6.92 Å². The highest BCUT2D eigenvalue weighted by atomic mass is 32.1. The summed E-state index contributed by atoms with van der Waals surface area (Å²) in [6.07, 6.45) is 4.51. The topological polar surface area (TPSA) is 43.1 Å². The number of thiophene rings is 1. The number of carbonyl (C=O) groups is 1. The van der Waals surface area contributed by atoms with Crippen molar-refractivity contribution in [2.45, 2.75) is 32.6 Å². The van der Waals surface area contributed by atoms with Crippen molar-refractivity contribution in [1.29, 1.82) is 0 Å². The van der Waals surface area contributed by atoms with Crippen molar-refractivity contribution in [2.24, 2.45) is 0 Å². The summed E-state index contributed by atoms with van der Waals surface area (Å²) in [5, 5.41) is 0.861. The van der Waals surface area contributed by atoms with E-state index in [-0.39, 0.29) is 5.78 Å². The van der Waals surface area contributed by atoms with Gasteiger partial charge < -0.3 is 5.73 Å². The van der Waals surface area contributed by atoms with Crippen molar-refractivity contribution in [3.8, 4) is 0 Å². The quantitative estimate of drug-likeness (QED) is 0.699. The minimum absolute atomic E-state index is 0.167. The van der Waals surface area contributed by atoms with Crippen LogP contribution in [0.15, 0.2) is 0 Å². The zero-order valence-electron chi connectivity index (χ0n) is 7.72. The molecule has 1 aliphatic carbocycles. The van der Waals surface area contributed by atoms with E-state index in [4.69, 9.17) is 5.73 Å². The number of anilines is 1. The normalized spacial score (nSPS) is 15.5. The predicted octanol–water partition coefficient (Wildman–Crippen LogP) is 2.41. The molecule has 3 heteroatoms. The van der Waals surface area contributed by atoms with Gasteiger partial charge in [0.15, 0.2) is 5.78 Å². The minimum atomic E-state index is 0.167. The zero-order valence-corrected chi connectivity index (χ0v) is 8.54. The highest BCUT2D eigenvalue weighted by molar-refractivity contribution is 7.18. The van der Waals surface area contributed by atoms with Crippen molar-refractivity contribution in [1.82, 2.24) is 0 Å². The van der Waals surface area contributed by atoms with Crippen molar-refractivity contribution in [2.75, 3.05) is 5.73 Å². The molecule has 13 heavy (non-hydrogen) atoms. The zero-order chi connectivity index (χ0) is 9.42. The van der Waals surface area contributed by atoms with Crippen LogP contribution in [0.3, 0.4) is 0 Å². The molecule has 0 radical (unpaired) electrons. The van der Waals surface area contributed by atoms with Gasteiger partial charge in [0.05, 0.1) is 9.88 Å². The van der Waals surface area contributed by atoms with Gasteiger partial charge in [0.2, 0.25) is 0 Å². The first-order valence-electron chi connectivity index (χ1n) is 4.61. The third-order valence-electron chi connectivity index (χ3n) is 2.57. The summed E-state index contributed by atoms with van der Waals surface area (Å²) in [6.45, 7) is 1.63. The monoisotopic (exact) mass is 195 g/mol. The Balaban J connectivity index is 2.53. The number of nitrogen functional groups attached to an aromatic ring is 1. The molecule has 0 amide bonds. The van der Waals surface area contributed by atoms with Gasteiger partial charge in [-0.3, -0.25) is 4.79 Å². The van der Waals surface area contributed by atoms with Crippen LogP contribution in [0, 0.1) is 0 Å². The fourth-order valence-corrected chi connectivity index (χ4v) is 3.01. The van der Waals surface area contributed by atoms with Crippen LogP contribution in [0.4, 0.5) is 5.00 Å². The second-order valence-corrected chi connectivity index (χ2v) is 4.57. The molecule has 1 aliphatic rings. The maximum absolute atomic E-state index is 11.3. The van der Waals surface area contributed by atoms with Crippen LogP contribution in [0.1, 0.15) is 40.6 Å². The number of Topliss-reactive ketones (excluding diaryl/α,β-unsaturated/α-hetero) is 1. The van der Waals surface area contributed by atoms with E-state index >= 15 is 0 Å². The SMILES string of the molecule is CC(=O)c1sc(N)c2c1CCCC2. The van der Waals surface area contributed by atoms with Gasteiger partial charge in [-0.15, -0.1) is 11.3 Å². The molecular formula is C10H13NOS. The molecule has 0 spiro atoms. The average Bonchev–Trinajstić information content (AvgIpc) is 2.45. The van der Waals surface area contributed by atoms with Crippen LogP contribution in [0.5, 0.6) is 0 Å². The molecule has 0 fully saturated rings. The molecule has 0 saturated heterocycles. The van der Waals surface area contributed by atoms with Gasteiger partial charge in [0, 0.05) is 0 Å². The van der Waals surface area contributed by atoms with Crippen molar-refractivity contribution in [3.05, 3.63) is 16.0 Å². The molecule has 0 bridgehead atoms. The number of carbonyl (C=O) groups excluding carboxylic acids is 1. The fourth-order valence-electron chi connectivity index (χ4n) is 1.95. The first-order valence-corrected chi connectivity index (χ1v) is 5.42. The van der Waals surface area contributed by atoms with Crippen LogP contribution < -0.4 is 5.73 Å². The first kappa shape index (κ1) is 8.75. The summed E-state index contributed by atoms with van der Waals surface area (Å²) in [6, 6.07) is 0. The molecule has 1 heterocycles. The Morgan fingerprint density at radius 3 is 2.54 bits per heavy atom. The summed E-state index contributed by atoms with van der Waals surface area (Å²) in [4.78, 5) is 12.2. The number of fused-ring (bicyclic) bond motifs is 1.